The summed E-state index contributed by atoms with van der Waals surface area (Å²) in [6.45, 7) is 1.76. The largest absolute Gasteiger partial charge is 0.495 e. The number of nitriles is 1. The van der Waals surface area contributed by atoms with E-state index in [4.69, 9.17) is 20.8 Å². The van der Waals surface area contributed by atoms with Gasteiger partial charge in [-0.15, -0.1) is 0 Å². The van der Waals surface area contributed by atoms with Crippen LogP contribution in [0, 0.1) is 18.3 Å². The fraction of sp³-hybridized carbons (Fsp3) is 0.222. The van der Waals surface area contributed by atoms with E-state index in [0.29, 0.717) is 34.0 Å². The molecule has 1 N–H and O–H groups in total. The molecule has 1 aromatic carbocycles. The maximum Gasteiger partial charge on any atom is 0.284 e. The van der Waals surface area contributed by atoms with Crippen molar-refractivity contribution in [2.24, 2.45) is 0 Å². The summed E-state index contributed by atoms with van der Waals surface area (Å²) in [5, 5.41) is 12.3. The van der Waals surface area contributed by atoms with Crippen LogP contribution in [0.5, 0.6) is 5.75 Å². The van der Waals surface area contributed by atoms with Gasteiger partial charge < -0.3 is 14.5 Å². The number of nitrogens with zero attached hydrogens (tertiary/aromatic N) is 1. The molecule has 0 unspecified atom stereocenters. The second-order valence-corrected chi connectivity index (χ2v) is 6.69. The Morgan fingerprint density at radius 1 is 1.48 bits per heavy atom. The van der Waals surface area contributed by atoms with Crippen molar-refractivity contribution in [1.29, 1.82) is 5.26 Å². The lowest BCUT2D eigenvalue weighted by Gasteiger charge is -2.11. The molecular weight excluding hydrogens is 398 g/mol. The van der Waals surface area contributed by atoms with Gasteiger partial charge in [-0.1, -0.05) is 23.4 Å². The average molecular weight is 413 g/mol. The third-order valence-corrected chi connectivity index (χ3v) is 4.53. The van der Waals surface area contributed by atoms with Gasteiger partial charge in [0.15, 0.2) is 0 Å². The maximum atomic E-state index is 12.4. The van der Waals surface area contributed by atoms with Gasteiger partial charge in [-0.3, -0.25) is 4.79 Å². The van der Waals surface area contributed by atoms with Crippen LogP contribution in [-0.4, -0.2) is 18.8 Å². The first-order chi connectivity index (χ1) is 12.8. The number of rotatable bonds is 7. The number of benzene rings is 1. The van der Waals surface area contributed by atoms with Gasteiger partial charge in [0.2, 0.25) is 0 Å². The highest BCUT2D eigenvalue weighted by molar-refractivity contribution is 7.98. The lowest BCUT2D eigenvalue weighted by atomic mass is 10.1. The highest BCUT2D eigenvalue weighted by Gasteiger charge is 2.15. The van der Waals surface area contributed by atoms with Crippen molar-refractivity contribution < 1.29 is 22.7 Å². The summed E-state index contributed by atoms with van der Waals surface area (Å²) in [4.78, 5) is 12.4. The molecule has 0 bridgehead atoms. The molecule has 0 aliphatic rings. The van der Waals surface area contributed by atoms with Crippen molar-refractivity contribution in [2.45, 2.75) is 18.4 Å². The Balaban J connectivity index is 2.18. The van der Waals surface area contributed by atoms with Crippen LogP contribution in [0.2, 0.25) is 5.02 Å². The van der Waals surface area contributed by atoms with E-state index in [0.717, 1.165) is 5.56 Å². The van der Waals surface area contributed by atoms with Gasteiger partial charge in [-0.05, 0) is 30.7 Å². The van der Waals surface area contributed by atoms with E-state index in [1.807, 2.05) is 0 Å². The standard InChI is InChI=1S/C18H15ClF2N2O3S/c1-10-5-15(16(25-2)7-14(10)19)23-17(24)11(8-22)6-12-3-4-13(26-12)9-27-18(20)21/h3-7,18H,9H2,1-2H3,(H,23,24)/b11-6+. The van der Waals surface area contributed by atoms with E-state index in [9.17, 15) is 18.8 Å². The Hall–Kier alpha value is -2.50. The zero-order chi connectivity index (χ0) is 20.0. The van der Waals surface area contributed by atoms with Crippen LogP contribution in [0.15, 0.2) is 34.3 Å². The van der Waals surface area contributed by atoms with Crippen LogP contribution >= 0.6 is 23.4 Å². The number of anilines is 1. The van der Waals surface area contributed by atoms with Gasteiger partial charge in [-0.25, -0.2) is 0 Å². The zero-order valence-electron chi connectivity index (χ0n) is 14.4. The Labute approximate surface area is 163 Å². The third kappa shape index (κ3) is 5.74. The van der Waals surface area contributed by atoms with E-state index < -0.39 is 11.7 Å². The monoisotopic (exact) mass is 412 g/mol. The minimum absolute atomic E-state index is 0.0131. The Morgan fingerprint density at radius 3 is 2.85 bits per heavy atom. The van der Waals surface area contributed by atoms with Gasteiger partial charge in [0.1, 0.15) is 28.9 Å². The number of aryl methyl sites for hydroxylation is 1. The predicted octanol–water partition coefficient (Wildman–Crippen LogP) is 5.25. The molecule has 27 heavy (non-hydrogen) atoms. The summed E-state index contributed by atoms with van der Waals surface area (Å²) in [6.07, 6.45) is 1.24. The number of thioether (sulfide) groups is 1. The second kappa shape index (κ2) is 9.44. The molecule has 0 aliphatic carbocycles. The smallest absolute Gasteiger partial charge is 0.284 e. The first-order valence-electron chi connectivity index (χ1n) is 7.59. The summed E-state index contributed by atoms with van der Waals surface area (Å²) in [6, 6.07) is 7.99. The van der Waals surface area contributed by atoms with Crippen LogP contribution in [0.25, 0.3) is 6.08 Å². The topological polar surface area (TPSA) is 75.3 Å². The van der Waals surface area contributed by atoms with E-state index in [2.05, 4.69) is 5.32 Å². The van der Waals surface area contributed by atoms with Gasteiger partial charge in [0.25, 0.3) is 11.7 Å². The number of carbonyl (C=O) groups excluding carboxylic acids is 1. The Morgan fingerprint density at radius 2 is 2.22 bits per heavy atom. The van der Waals surface area contributed by atoms with Crippen LogP contribution in [0.4, 0.5) is 14.5 Å². The molecule has 0 spiro atoms. The molecule has 0 aliphatic heterocycles. The van der Waals surface area contributed by atoms with Crippen LogP contribution < -0.4 is 10.1 Å². The van der Waals surface area contributed by atoms with E-state index in [1.165, 1.54) is 25.3 Å². The first-order valence-corrected chi connectivity index (χ1v) is 9.02. The molecular formula is C18H15ClF2N2O3S. The molecule has 1 amide bonds. The summed E-state index contributed by atoms with van der Waals surface area (Å²) in [5.74, 6) is -2.31. The number of halogens is 3. The molecule has 2 aromatic rings. The molecule has 1 aromatic heterocycles. The molecule has 0 saturated heterocycles. The summed E-state index contributed by atoms with van der Waals surface area (Å²) >= 11 is 6.45. The number of nitrogens with one attached hydrogen (secondary N) is 1. The quantitative estimate of drug-likeness (QED) is 0.496. The minimum Gasteiger partial charge on any atom is -0.495 e. The van der Waals surface area contributed by atoms with Crippen LogP contribution in [0.3, 0.4) is 0 Å². The summed E-state index contributed by atoms with van der Waals surface area (Å²) in [5.41, 5.74) is 0.869. The summed E-state index contributed by atoms with van der Waals surface area (Å²) in [7, 11) is 1.43. The summed E-state index contributed by atoms with van der Waals surface area (Å²) < 4.78 is 35.0. The van der Waals surface area contributed by atoms with Gasteiger partial charge in [0, 0.05) is 17.2 Å². The third-order valence-electron chi connectivity index (χ3n) is 3.41. The lowest BCUT2D eigenvalue weighted by molar-refractivity contribution is -0.112. The normalized spacial score (nSPS) is 11.4. The first kappa shape index (κ1) is 20.8. The van der Waals surface area contributed by atoms with Crippen LogP contribution in [0.1, 0.15) is 17.1 Å². The number of furan rings is 1. The minimum atomic E-state index is -2.51. The Bertz CT molecular complexity index is 906. The Kier molecular flexibility index (Phi) is 7.28. The van der Waals surface area contributed by atoms with Crippen LogP contribution in [-0.2, 0) is 10.5 Å². The lowest BCUT2D eigenvalue weighted by Crippen LogP contribution is -2.14. The van der Waals surface area contributed by atoms with Crippen molar-refractivity contribution in [3.8, 4) is 11.8 Å². The van der Waals surface area contributed by atoms with E-state index in [-0.39, 0.29) is 17.1 Å². The van der Waals surface area contributed by atoms with Crippen molar-refractivity contribution in [3.05, 3.63) is 51.9 Å². The number of alkyl halides is 2. The zero-order valence-corrected chi connectivity index (χ0v) is 16.0. The van der Waals surface area contributed by atoms with E-state index in [1.54, 1.807) is 25.1 Å². The number of carbonyl (C=O) groups is 1. The molecule has 0 saturated carbocycles. The van der Waals surface area contributed by atoms with Gasteiger partial charge in [0.05, 0.1) is 18.6 Å². The van der Waals surface area contributed by atoms with Gasteiger partial charge >= 0.3 is 0 Å². The molecule has 0 fully saturated rings. The predicted molar refractivity (Wildman–Crippen MR) is 101 cm³/mol. The van der Waals surface area contributed by atoms with Crippen molar-refractivity contribution in [1.82, 2.24) is 0 Å². The number of methoxy groups -OCH3 is 1. The number of amides is 1. The van der Waals surface area contributed by atoms with Gasteiger partial charge in [-0.2, -0.15) is 14.0 Å². The number of hydrogen-bond acceptors (Lipinski definition) is 5. The average Bonchev–Trinajstić information content (AvgIpc) is 3.08. The second-order valence-electron chi connectivity index (χ2n) is 5.30. The highest BCUT2D eigenvalue weighted by atomic mass is 35.5. The maximum absolute atomic E-state index is 12.4. The fourth-order valence-corrected chi connectivity index (χ4v) is 2.70. The number of ether oxygens (including phenoxy) is 1. The fourth-order valence-electron chi connectivity index (χ4n) is 2.11. The molecule has 1 heterocycles. The molecule has 5 nitrogen and oxygen atoms in total. The van der Waals surface area contributed by atoms with E-state index >= 15 is 0 Å². The van der Waals surface area contributed by atoms with Crippen molar-refractivity contribution in [3.63, 3.8) is 0 Å². The molecule has 0 atom stereocenters. The molecule has 142 valence electrons. The SMILES string of the molecule is COc1cc(Cl)c(C)cc1NC(=O)/C(C#N)=C/c1ccc(CSC(F)F)o1. The van der Waals surface area contributed by atoms with Crippen molar-refractivity contribution in [2.75, 3.05) is 12.4 Å². The van der Waals surface area contributed by atoms with Crippen molar-refractivity contribution >= 4 is 41.0 Å². The highest BCUT2D eigenvalue weighted by Crippen LogP contribution is 2.31. The molecule has 9 heteroatoms. The molecule has 2 rings (SSSR count). The number of hydrogen-bond donors (Lipinski definition) is 1. The molecule has 0 radical (unpaired) electrons.